The predicted molar refractivity (Wildman–Crippen MR) is 122 cm³/mol. The van der Waals surface area contributed by atoms with Crippen LogP contribution in [0.1, 0.15) is 54.4 Å². The molecule has 0 fully saturated rings. The highest BCUT2D eigenvalue weighted by Gasteiger charge is 2.16. The van der Waals surface area contributed by atoms with Crippen molar-refractivity contribution in [2.24, 2.45) is 0 Å². The van der Waals surface area contributed by atoms with Crippen LogP contribution < -0.4 is 4.74 Å². The summed E-state index contributed by atoms with van der Waals surface area (Å²) in [5, 5.41) is 8.93. The van der Waals surface area contributed by atoms with Crippen molar-refractivity contribution in [1.82, 2.24) is 0 Å². The molecule has 1 N–H and O–H groups in total. The summed E-state index contributed by atoms with van der Waals surface area (Å²) in [5.41, 5.74) is 7.12. The molecule has 1 atom stereocenters. The number of aryl methyl sites for hydroxylation is 1. The maximum Gasteiger partial charge on any atom is 0.303 e. The molecule has 0 heterocycles. The normalized spacial score (nSPS) is 15.2. The molecule has 0 bridgehead atoms. The predicted octanol–water partition coefficient (Wildman–Crippen LogP) is 5.46. The third kappa shape index (κ3) is 5.39. The second-order valence-corrected chi connectivity index (χ2v) is 9.30. The van der Waals surface area contributed by atoms with Crippen molar-refractivity contribution in [3.8, 4) is 5.75 Å². The van der Waals surface area contributed by atoms with E-state index in [0.29, 0.717) is 13.0 Å². The number of rotatable bonds is 8. The van der Waals surface area contributed by atoms with Gasteiger partial charge in [-0.25, -0.2) is 0 Å². The summed E-state index contributed by atoms with van der Waals surface area (Å²) in [6.45, 7) is 4.63. The van der Waals surface area contributed by atoms with Crippen LogP contribution in [0.15, 0.2) is 46.9 Å². The topological polar surface area (TPSA) is 63.6 Å². The van der Waals surface area contributed by atoms with Crippen molar-refractivity contribution in [3.63, 3.8) is 0 Å². The zero-order valence-electron chi connectivity index (χ0n) is 18.0. The third-order valence-corrected chi connectivity index (χ3v) is 6.91. The van der Waals surface area contributed by atoms with E-state index < -0.39 is 16.8 Å². The van der Waals surface area contributed by atoms with E-state index in [9.17, 15) is 9.00 Å². The minimum Gasteiger partial charge on any atom is -0.489 e. The minimum absolute atomic E-state index is 0.140. The van der Waals surface area contributed by atoms with E-state index in [4.69, 9.17) is 9.84 Å². The third-order valence-electron chi connectivity index (χ3n) is 5.98. The van der Waals surface area contributed by atoms with Crippen molar-refractivity contribution in [2.45, 2.75) is 57.3 Å². The molecule has 1 unspecified atom stereocenters. The lowest BCUT2D eigenvalue weighted by atomic mass is 9.87. The van der Waals surface area contributed by atoms with E-state index in [1.807, 2.05) is 38.1 Å². The van der Waals surface area contributed by atoms with Crippen LogP contribution in [0.4, 0.5) is 0 Å². The Morgan fingerprint density at radius 2 is 1.73 bits per heavy atom. The first kappa shape index (κ1) is 22.3. The minimum atomic E-state index is -0.964. The fourth-order valence-electron chi connectivity index (χ4n) is 4.01. The van der Waals surface area contributed by atoms with Gasteiger partial charge in [-0.2, -0.15) is 0 Å². The number of hydrogen-bond acceptors (Lipinski definition) is 3. The highest BCUT2D eigenvalue weighted by molar-refractivity contribution is 7.84. The Kier molecular flexibility index (Phi) is 7.48. The number of benzene rings is 2. The van der Waals surface area contributed by atoms with Crippen LogP contribution in [0.5, 0.6) is 5.75 Å². The lowest BCUT2D eigenvalue weighted by Crippen LogP contribution is -2.09. The second kappa shape index (κ2) is 10.1. The van der Waals surface area contributed by atoms with Crippen molar-refractivity contribution in [2.75, 3.05) is 12.9 Å². The molecule has 1 aliphatic carbocycles. The van der Waals surface area contributed by atoms with Gasteiger partial charge >= 0.3 is 5.97 Å². The van der Waals surface area contributed by atoms with Gasteiger partial charge in [0, 0.05) is 28.4 Å². The van der Waals surface area contributed by atoms with Crippen LogP contribution in [-0.4, -0.2) is 28.1 Å². The van der Waals surface area contributed by atoms with Crippen LogP contribution in [0.2, 0.25) is 0 Å². The number of carboxylic acids is 1. The van der Waals surface area contributed by atoms with E-state index in [1.54, 1.807) is 6.26 Å². The molecule has 160 valence electrons. The van der Waals surface area contributed by atoms with Gasteiger partial charge < -0.3 is 9.84 Å². The SMILES string of the molecule is Cc1c(CCC(=O)O)ccc(OCC2=C(c3ccc(S(C)=O)cc3)CCCC2)c1C. The van der Waals surface area contributed by atoms with E-state index >= 15 is 0 Å². The zero-order chi connectivity index (χ0) is 21.7. The van der Waals surface area contributed by atoms with E-state index in [-0.39, 0.29) is 6.42 Å². The van der Waals surface area contributed by atoms with Gasteiger partial charge in [0.25, 0.3) is 0 Å². The van der Waals surface area contributed by atoms with Gasteiger partial charge in [0.1, 0.15) is 12.4 Å². The Morgan fingerprint density at radius 3 is 2.40 bits per heavy atom. The number of carbonyl (C=O) groups is 1. The van der Waals surface area contributed by atoms with E-state index in [2.05, 4.69) is 12.1 Å². The summed E-state index contributed by atoms with van der Waals surface area (Å²) >= 11 is 0. The van der Waals surface area contributed by atoms with E-state index in [0.717, 1.165) is 40.2 Å². The van der Waals surface area contributed by atoms with Gasteiger partial charge in [0.2, 0.25) is 0 Å². The molecule has 0 spiro atoms. The van der Waals surface area contributed by atoms with Gasteiger partial charge in [0.05, 0.1) is 0 Å². The molecule has 0 aliphatic heterocycles. The molecular weight excluding hydrogens is 396 g/mol. The number of allylic oxidation sites excluding steroid dienone is 1. The van der Waals surface area contributed by atoms with Crippen LogP contribution in [0.25, 0.3) is 5.57 Å². The number of aliphatic carboxylic acids is 1. The highest BCUT2D eigenvalue weighted by Crippen LogP contribution is 2.34. The summed E-state index contributed by atoms with van der Waals surface area (Å²) in [7, 11) is -0.964. The molecule has 0 saturated carbocycles. The monoisotopic (exact) mass is 426 g/mol. The Bertz CT molecular complexity index is 973. The Hall–Kier alpha value is -2.40. The van der Waals surface area contributed by atoms with Crippen molar-refractivity contribution in [3.05, 3.63) is 64.2 Å². The van der Waals surface area contributed by atoms with Crippen molar-refractivity contribution >= 4 is 22.3 Å². The summed E-state index contributed by atoms with van der Waals surface area (Å²) in [4.78, 5) is 11.7. The smallest absolute Gasteiger partial charge is 0.303 e. The first-order chi connectivity index (χ1) is 14.4. The van der Waals surface area contributed by atoms with Gasteiger partial charge in [-0.15, -0.1) is 0 Å². The zero-order valence-corrected chi connectivity index (χ0v) is 18.8. The Morgan fingerprint density at radius 1 is 1.03 bits per heavy atom. The molecule has 3 rings (SSSR count). The van der Waals surface area contributed by atoms with Gasteiger partial charge in [0.15, 0.2) is 0 Å². The first-order valence-corrected chi connectivity index (χ1v) is 12.0. The lowest BCUT2D eigenvalue weighted by molar-refractivity contribution is -0.136. The maximum absolute atomic E-state index is 11.7. The van der Waals surface area contributed by atoms with Crippen LogP contribution in [-0.2, 0) is 22.0 Å². The summed E-state index contributed by atoms with van der Waals surface area (Å²) in [6, 6.07) is 12.0. The van der Waals surface area contributed by atoms with Crippen LogP contribution >= 0.6 is 0 Å². The molecule has 4 nitrogen and oxygen atoms in total. The van der Waals surface area contributed by atoms with Crippen molar-refractivity contribution < 1.29 is 18.8 Å². The molecular formula is C25H30O4S. The summed E-state index contributed by atoms with van der Waals surface area (Å²) < 4.78 is 17.9. The average Bonchev–Trinajstić information content (AvgIpc) is 2.74. The van der Waals surface area contributed by atoms with Crippen LogP contribution in [0, 0.1) is 13.8 Å². The second-order valence-electron chi connectivity index (χ2n) is 7.92. The molecule has 0 amide bonds. The highest BCUT2D eigenvalue weighted by atomic mass is 32.2. The van der Waals surface area contributed by atoms with Gasteiger partial charge in [-0.3, -0.25) is 9.00 Å². The maximum atomic E-state index is 11.7. The fourth-order valence-corrected chi connectivity index (χ4v) is 4.53. The molecule has 30 heavy (non-hydrogen) atoms. The Labute approximate surface area is 181 Å². The fraction of sp³-hybridized carbons (Fsp3) is 0.400. The first-order valence-electron chi connectivity index (χ1n) is 10.4. The molecule has 2 aromatic carbocycles. The van der Waals surface area contributed by atoms with Gasteiger partial charge in [-0.05, 0) is 97.6 Å². The number of carboxylic acid groups (broad SMARTS) is 1. The molecule has 1 aliphatic rings. The quantitative estimate of drug-likeness (QED) is 0.608. The average molecular weight is 427 g/mol. The van der Waals surface area contributed by atoms with Crippen molar-refractivity contribution in [1.29, 1.82) is 0 Å². The molecule has 0 saturated heterocycles. The molecule has 5 heteroatoms. The summed E-state index contributed by atoms with van der Waals surface area (Å²) in [5.74, 6) is 0.0862. The van der Waals surface area contributed by atoms with Crippen LogP contribution in [0.3, 0.4) is 0 Å². The lowest BCUT2D eigenvalue weighted by Gasteiger charge is -2.22. The van der Waals surface area contributed by atoms with E-state index in [1.165, 1.54) is 29.6 Å². The molecule has 0 aromatic heterocycles. The standard InChI is InChI=1S/C25H30O4S/c1-17-18(2)24(14-10-19(17)11-15-25(26)27)29-16-21-6-4-5-7-23(21)20-8-12-22(13-9-20)30(3)28/h8-10,12-14H,4-7,11,15-16H2,1-3H3,(H,26,27). The largest absolute Gasteiger partial charge is 0.489 e. The molecule has 0 radical (unpaired) electrons. The van der Waals surface area contributed by atoms with Gasteiger partial charge in [-0.1, -0.05) is 18.2 Å². The number of ether oxygens (including phenoxy) is 1. The summed E-state index contributed by atoms with van der Waals surface area (Å²) in [6.07, 6.45) is 6.80. The molecule has 2 aromatic rings. The Balaban J connectivity index is 1.78. The number of hydrogen-bond donors (Lipinski definition) is 1.